The predicted octanol–water partition coefficient (Wildman–Crippen LogP) is 2.60. The molecule has 0 atom stereocenters. The van der Waals surface area contributed by atoms with E-state index in [-0.39, 0.29) is 35.5 Å². The lowest BCUT2D eigenvalue weighted by Gasteiger charge is -2.35. The minimum atomic E-state index is -3.36. The summed E-state index contributed by atoms with van der Waals surface area (Å²) in [5.41, 5.74) is 0. The number of piperidine rings is 1. The Balaban J connectivity index is 1.37. The van der Waals surface area contributed by atoms with Crippen molar-refractivity contribution in [3.05, 3.63) is 12.4 Å². The summed E-state index contributed by atoms with van der Waals surface area (Å²) < 4.78 is 40.3. The number of likely N-dealkylation sites (tertiary alicyclic amines) is 1. The van der Waals surface area contributed by atoms with E-state index in [4.69, 9.17) is 14.2 Å². The van der Waals surface area contributed by atoms with Crippen molar-refractivity contribution in [1.29, 1.82) is 0 Å². The number of nitrogens with zero attached hydrogens (tertiary/aromatic N) is 3. The minimum absolute atomic E-state index is 0.0240. The largest absolute Gasteiger partial charge is 0.473 e. The molecule has 2 fully saturated rings. The predicted molar refractivity (Wildman–Crippen MR) is 109 cm³/mol. The summed E-state index contributed by atoms with van der Waals surface area (Å²) in [6.45, 7) is 5.03. The molecule has 1 saturated carbocycles. The second kappa shape index (κ2) is 9.91. The fraction of sp³-hybridized carbons (Fsp3) is 0.750. The first-order valence-corrected chi connectivity index (χ1v) is 12.4. The van der Waals surface area contributed by atoms with Gasteiger partial charge in [-0.3, -0.25) is 0 Å². The smallest absolute Gasteiger partial charge is 0.410 e. The Bertz CT molecular complexity index is 798. The maximum absolute atomic E-state index is 12.0. The van der Waals surface area contributed by atoms with Crippen molar-refractivity contribution in [3.63, 3.8) is 0 Å². The molecular formula is C20H31N3O6S. The van der Waals surface area contributed by atoms with Crippen LogP contribution in [-0.2, 0) is 19.3 Å². The molecule has 9 nitrogen and oxygen atoms in total. The van der Waals surface area contributed by atoms with E-state index in [9.17, 15) is 13.2 Å². The van der Waals surface area contributed by atoms with Crippen LogP contribution in [0.2, 0.25) is 0 Å². The maximum Gasteiger partial charge on any atom is 0.410 e. The highest BCUT2D eigenvalue weighted by molar-refractivity contribution is 7.90. The van der Waals surface area contributed by atoms with Crippen LogP contribution >= 0.6 is 0 Å². The lowest BCUT2D eigenvalue weighted by molar-refractivity contribution is -0.0659. The number of aromatic nitrogens is 2. The van der Waals surface area contributed by atoms with Gasteiger partial charge in [0.1, 0.15) is 6.10 Å². The highest BCUT2D eigenvalue weighted by Gasteiger charge is 2.29. The van der Waals surface area contributed by atoms with Gasteiger partial charge in [0.2, 0.25) is 5.88 Å². The molecule has 1 aliphatic heterocycles. The van der Waals surface area contributed by atoms with Crippen LogP contribution in [0.15, 0.2) is 17.4 Å². The Morgan fingerprint density at radius 3 is 2.13 bits per heavy atom. The Morgan fingerprint density at radius 2 is 1.60 bits per heavy atom. The zero-order valence-electron chi connectivity index (χ0n) is 17.8. The lowest BCUT2D eigenvalue weighted by Crippen LogP contribution is -2.43. The van der Waals surface area contributed by atoms with Gasteiger partial charge in [-0.2, -0.15) is 0 Å². The summed E-state index contributed by atoms with van der Waals surface area (Å²) in [6.07, 6.45) is 8.87. The average Bonchev–Trinajstić information content (AvgIpc) is 2.69. The zero-order valence-corrected chi connectivity index (χ0v) is 18.6. The molecule has 30 heavy (non-hydrogen) atoms. The fourth-order valence-electron chi connectivity index (χ4n) is 3.74. The number of rotatable bonds is 6. The number of sulfone groups is 1. The standard InChI is InChI=1S/C20H31N3O6S/c1-14(2)27-20(24)23-10-8-17(9-11-23)28-15-4-6-16(7-5-15)29-18-12-22-19(13-21-18)30(3,25)26/h12-17H,4-11H2,1-3H3. The first kappa shape index (κ1) is 22.7. The van der Waals surface area contributed by atoms with Gasteiger partial charge in [0.05, 0.1) is 30.7 Å². The molecule has 2 aliphatic rings. The summed E-state index contributed by atoms with van der Waals surface area (Å²) in [6, 6.07) is 0. The summed E-state index contributed by atoms with van der Waals surface area (Å²) in [5.74, 6) is 0.340. The van der Waals surface area contributed by atoms with Crippen molar-refractivity contribution in [1.82, 2.24) is 14.9 Å². The maximum atomic E-state index is 12.0. The Morgan fingerprint density at radius 1 is 1.00 bits per heavy atom. The van der Waals surface area contributed by atoms with E-state index in [2.05, 4.69) is 9.97 Å². The van der Waals surface area contributed by atoms with Gasteiger partial charge in [0.25, 0.3) is 0 Å². The van der Waals surface area contributed by atoms with Gasteiger partial charge in [-0.15, -0.1) is 0 Å². The van der Waals surface area contributed by atoms with Crippen molar-refractivity contribution in [2.24, 2.45) is 0 Å². The van der Waals surface area contributed by atoms with Crippen molar-refractivity contribution in [2.75, 3.05) is 19.3 Å². The lowest BCUT2D eigenvalue weighted by atomic mass is 9.94. The van der Waals surface area contributed by atoms with Gasteiger partial charge in [-0.25, -0.2) is 23.2 Å². The summed E-state index contributed by atoms with van der Waals surface area (Å²) >= 11 is 0. The average molecular weight is 442 g/mol. The molecule has 0 spiro atoms. The number of hydrogen-bond donors (Lipinski definition) is 0. The molecule has 1 aromatic rings. The number of carbonyl (C=O) groups excluding carboxylic acids is 1. The van der Waals surface area contributed by atoms with Gasteiger partial charge < -0.3 is 19.1 Å². The topological polar surface area (TPSA) is 108 Å². The fourth-order valence-corrected chi connectivity index (χ4v) is 4.22. The third kappa shape index (κ3) is 6.53. The first-order chi connectivity index (χ1) is 14.2. The van der Waals surface area contributed by atoms with Crippen LogP contribution < -0.4 is 4.74 Å². The second-order valence-electron chi connectivity index (χ2n) is 8.24. The SMILES string of the molecule is CC(C)OC(=O)N1CCC(OC2CCC(Oc3cnc(S(C)(=O)=O)cn3)CC2)CC1. The monoisotopic (exact) mass is 441 g/mol. The van der Waals surface area contributed by atoms with E-state index >= 15 is 0 Å². The van der Waals surface area contributed by atoms with Gasteiger partial charge in [0.15, 0.2) is 14.9 Å². The molecule has 1 amide bonds. The molecule has 3 rings (SSSR count). The molecule has 0 radical (unpaired) electrons. The van der Waals surface area contributed by atoms with Crippen LogP contribution in [0.3, 0.4) is 0 Å². The van der Waals surface area contributed by atoms with Crippen LogP contribution in [0.1, 0.15) is 52.4 Å². The Labute approximate surface area is 178 Å². The van der Waals surface area contributed by atoms with Crippen LogP contribution in [0, 0.1) is 0 Å². The van der Waals surface area contributed by atoms with E-state index in [0.29, 0.717) is 19.0 Å². The minimum Gasteiger partial charge on any atom is -0.473 e. The van der Waals surface area contributed by atoms with Crippen LogP contribution in [0.4, 0.5) is 4.79 Å². The van der Waals surface area contributed by atoms with E-state index in [1.54, 1.807) is 4.90 Å². The number of ether oxygens (including phenoxy) is 3. The van der Waals surface area contributed by atoms with Crippen LogP contribution in [0.5, 0.6) is 5.88 Å². The molecule has 1 aliphatic carbocycles. The Kier molecular flexibility index (Phi) is 7.51. The molecule has 0 aromatic carbocycles. The van der Waals surface area contributed by atoms with Crippen molar-refractivity contribution in [3.8, 4) is 5.88 Å². The molecule has 0 N–H and O–H groups in total. The summed E-state index contributed by atoms with van der Waals surface area (Å²) in [7, 11) is -3.36. The van der Waals surface area contributed by atoms with Crippen molar-refractivity contribution in [2.45, 2.75) is 81.8 Å². The molecule has 168 valence electrons. The van der Waals surface area contributed by atoms with E-state index < -0.39 is 9.84 Å². The quantitative estimate of drug-likeness (QED) is 0.663. The molecule has 1 saturated heterocycles. The normalized spacial score (nSPS) is 23.4. The second-order valence-corrected chi connectivity index (χ2v) is 10.2. The van der Waals surface area contributed by atoms with Crippen LogP contribution in [-0.4, -0.2) is 73.1 Å². The summed E-state index contributed by atoms with van der Waals surface area (Å²) in [5, 5.41) is -0.0597. The van der Waals surface area contributed by atoms with E-state index in [0.717, 1.165) is 44.8 Å². The van der Waals surface area contributed by atoms with Gasteiger partial charge in [-0.05, 0) is 52.4 Å². The number of carbonyl (C=O) groups is 1. The molecule has 2 heterocycles. The van der Waals surface area contributed by atoms with Gasteiger partial charge in [0, 0.05) is 19.3 Å². The molecule has 0 bridgehead atoms. The third-order valence-electron chi connectivity index (χ3n) is 5.31. The molecular weight excluding hydrogens is 410 g/mol. The van der Waals surface area contributed by atoms with Gasteiger partial charge in [-0.1, -0.05) is 0 Å². The zero-order chi connectivity index (χ0) is 21.7. The molecule has 0 unspecified atom stereocenters. The summed E-state index contributed by atoms with van der Waals surface area (Å²) in [4.78, 5) is 21.7. The number of amides is 1. The van der Waals surface area contributed by atoms with Crippen molar-refractivity contribution >= 4 is 15.9 Å². The highest BCUT2D eigenvalue weighted by Crippen LogP contribution is 2.27. The Hall–Kier alpha value is -1.94. The number of hydrogen-bond acceptors (Lipinski definition) is 8. The third-order valence-corrected chi connectivity index (χ3v) is 6.29. The van der Waals surface area contributed by atoms with Gasteiger partial charge >= 0.3 is 6.09 Å². The van der Waals surface area contributed by atoms with Crippen LogP contribution in [0.25, 0.3) is 0 Å². The van der Waals surface area contributed by atoms with Crippen molar-refractivity contribution < 1.29 is 27.4 Å². The molecule has 10 heteroatoms. The highest BCUT2D eigenvalue weighted by atomic mass is 32.2. The van der Waals surface area contributed by atoms with E-state index in [1.165, 1.54) is 12.4 Å². The van der Waals surface area contributed by atoms with E-state index in [1.807, 2.05) is 13.8 Å². The first-order valence-electron chi connectivity index (χ1n) is 10.5. The molecule has 1 aromatic heterocycles.